The number of methoxy groups -OCH3 is 2. The molecule has 5 aliphatic rings. The van der Waals surface area contributed by atoms with Gasteiger partial charge < -0.3 is 18.9 Å². The van der Waals surface area contributed by atoms with Crippen molar-refractivity contribution < 1.29 is 19.1 Å². The number of aromatic nitrogens is 1. The van der Waals surface area contributed by atoms with Gasteiger partial charge in [0.1, 0.15) is 24.1 Å². The summed E-state index contributed by atoms with van der Waals surface area (Å²) in [5.74, 6) is 3.45. The highest BCUT2D eigenvalue weighted by atomic mass is 16.5. The number of benzene rings is 2. The summed E-state index contributed by atoms with van der Waals surface area (Å²) in [4.78, 5) is 33.0. The highest BCUT2D eigenvalue weighted by Gasteiger charge is 2.56. The lowest BCUT2D eigenvalue weighted by Gasteiger charge is -2.57. The fraction of sp³-hybridized carbons (Fsp3) is 0.486. The Labute approximate surface area is 248 Å². The first kappa shape index (κ1) is 27.1. The Morgan fingerprint density at radius 2 is 1.57 bits per heavy atom. The Morgan fingerprint density at radius 1 is 0.905 bits per heavy atom. The third-order valence-electron chi connectivity index (χ3n) is 10.4. The molecule has 42 heavy (non-hydrogen) atoms. The average molecular weight is 568 g/mol. The van der Waals surface area contributed by atoms with Crippen LogP contribution in [0.15, 0.2) is 60.8 Å². The van der Waals surface area contributed by atoms with Crippen LogP contribution in [-0.2, 0) is 9.59 Å². The first-order valence-electron chi connectivity index (χ1n) is 15.4. The third-order valence-corrected chi connectivity index (χ3v) is 10.4. The molecule has 4 aliphatic carbocycles. The van der Waals surface area contributed by atoms with Crippen molar-refractivity contribution in [1.82, 2.24) is 9.47 Å². The molecule has 2 heterocycles. The summed E-state index contributed by atoms with van der Waals surface area (Å²) in [6.45, 7) is 4.13. The lowest BCUT2D eigenvalue weighted by Crippen LogP contribution is -2.57. The van der Waals surface area contributed by atoms with Crippen LogP contribution in [0.2, 0.25) is 0 Å². The van der Waals surface area contributed by atoms with Gasteiger partial charge in [0, 0.05) is 17.8 Å². The van der Waals surface area contributed by atoms with E-state index < -0.39 is 6.04 Å². The smallest absolute Gasteiger partial charge is 0.247 e. The quantitative estimate of drug-likeness (QED) is 0.332. The standard InChI is InChI=1S/C35H41N3O4/c1-22(2)37(34(40)35-18-23-14-24(19-35)16-25(15-23)20-35)21-32(39)38-29-9-6-5-8-28(29)36-13-7-10-30(36)33(38)27-17-26(41-3)11-12-31(27)42-4/h5-13,17,22-25,33H,14-16,18-21H2,1-4H3/t23?,24?,25?,33-,35?/m0/s1. The number of carbonyl (C=O) groups is 2. The lowest BCUT2D eigenvalue weighted by molar-refractivity contribution is -0.160. The second-order valence-corrected chi connectivity index (χ2v) is 13.3. The Balaban J connectivity index is 1.29. The minimum Gasteiger partial charge on any atom is -0.497 e. The zero-order valence-electron chi connectivity index (χ0n) is 25.1. The van der Waals surface area contributed by atoms with Gasteiger partial charge in [-0.05, 0) is 113 Å². The van der Waals surface area contributed by atoms with Crippen molar-refractivity contribution in [2.45, 2.75) is 64.5 Å². The van der Waals surface area contributed by atoms with Gasteiger partial charge >= 0.3 is 0 Å². The number of para-hydroxylation sites is 2. The number of fused-ring (bicyclic) bond motifs is 3. The number of amides is 2. The first-order valence-corrected chi connectivity index (χ1v) is 15.4. The van der Waals surface area contributed by atoms with Gasteiger partial charge in [0.05, 0.1) is 36.7 Å². The number of hydrogen-bond acceptors (Lipinski definition) is 4. The van der Waals surface area contributed by atoms with Crippen LogP contribution in [0.3, 0.4) is 0 Å². The van der Waals surface area contributed by atoms with Crippen LogP contribution < -0.4 is 14.4 Å². The van der Waals surface area contributed by atoms with E-state index in [2.05, 4.69) is 10.6 Å². The largest absolute Gasteiger partial charge is 0.497 e. The van der Waals surface area contributed by atoms with Crippen LogP contribution in [0, 0.1) is 23.2 Å². The summed E-state index contributed by atoms with van der Waals surface area (Å²) in [5.41, 5.74) is 3.24. The molecule has 8 rings (SSSR count). The molecule has 2 aromatic carbocycles. The first-order chi connectivity index (χ1) is 20.3. The zero-order chi connectivity index (χ0) is 29.2. The van der Waals surface area contributed by atoms with E-state index in [-0.39, 0.29) is 29.8 Å². The minimum atomic E-state index is -0.462. The predicted octanol–water partition coefficient (Wildman–Crippen LogP) is 6.38. The predicted molar refractivity (Wildman–Crippen MR) is 162 cm³/mol. The molecule has 4 fully saturated rings. The summed E-state index contributed by atoms with van der Waals surface area (Å²) in [6, 6.07) is 17.2. The highest BCUT2D eigenvalue weighted by Crippen LogP contribution is 2.60. The maximum Gasteiger partial charge on any atom is 0.247 e. The van der Waals surface area contributed by atoms with Gasteiger partial charge in [-0.1, -0.05) is 12.1 Å². The molecule has 1 aromatic heterocycles. The van der Waals surface area contributed by atoms with Gasteiger partial charge in [-0.2, -0.15) is 0 Å². The Morgan fingerprint density at radius 3 is 2.19 bits per heavy atom. The molecular weight excluding hydrogens is 526 g/mol. The molecule has 3 aromatic rings. The van der Waals surface area contributed by atoms with Crippen LogP contribution in [0.25, 0.3) is 5.69 Å². The van der Waals surface area contributed by atoms with Crippen molar-refractivity contribution in [3.63, 3.8) is 0 Å². The van der Waals surface area contributed by atoms with Crippen molar-refractivity contribution in [1.29, 1.82) is 0 Å². The molecule has 0 unspecified atom stereocenters. The molecule has 220 valence electrons. The molecule has 4 bridgehead atoms. The molecule has 0 spiro atoms. The Hall–Kier alpha value is -3.74. The zero-order valence-corrected chi connectivity index (χ0v) is 25.1. The van der Waals surface area contributed by atoms with Crippen LogP contribution in [0.4, 0.5) is 5.69 Å². The highest BCUT2D eigenvalue weighted by molar-refractivity contribution is 6.01. The normalized spacial score (nSPS) is 27.0. The number of rotatable bonds is 7. The van der Waals surface area contributed by atoms with Gasteiger partial charge in [-0.25, -0.2) is 0 Å². The maximum absolute atomic E-state index is 14.7. The van der Waals surface area contributed by atoms with Crippen LogP contribution in [0.1, 0.15) is 69.7 Å². The fourth-order valence-electron chi connectivity index (χ4n) is 9.00. The average Bonchev–Trinajstić information content (AvgIpc) is 3.48. The van der Waals surface area contributed by atoms with E-state index in [0.717, 1.165) is 41.9 Å². The number of nitrogens with zero attached hydrogens (tertiary/aromatic N) is 3. The molecule has 0 radical (unpaired) electrons. The number of carbonyl (C=O) groups excluding carboxylic acids is 2. The van der Waals surface area contributed by atoms with E-state index in [1.165, 1.54) is 19.3 Å². The minimum absolute atomic E-state index is 0.0378. The van der Waals surface area contributed by atoms with E-state index in [1.807, 2.05) is 78.4 Å². The van der Waals surface area contributed by atoms with Crippen molar-refractivity contribution in [3.05, 3.63) is 72.1 Å². The maximum atomic E-state index is 14.7. The van der Waals surface area contributed by atoms with Gasteiger partial charge in [0.2, 0.25) is 11.8 Å². The van der Waals surface area contributed by atoms with E-state index in [9.17, 15) is 9.59 Å². The molecule has 0 N–H and O–H groups in total. The Kier molecular flexibility index (Phi) is 6.59. The summed E-state index contributed by atoms with van der Waals surface area (Å²) in [7, 11) is 3.29. The third kappa shape index (κ3) is 4.23. The Bertz CT molecular complexity index is 1490. The topological polar surface area (TPSA) is 64.0 Å². The molecule has 1 atom stereocenters. The fourth-order valence-corrected chi connectivity index (χ4v) is 9.00. The van der Waals surface area contributed by atoms with E-state index in [0.29, 0.717) is 29.3 Å². The van der Waals surface area contributed by atoms with Crippen LogP contribution in [-0.4, -0.2) is 48.1 Å². The number of hydrogen-bond donors (Lipinski definition) is 0. The molecule has 2 amide bonds. The van der Waals surface area contributed by atoms with E-state index >= 15 is 0 Å². The second kappa shape index (κ2) is 10.2. The molecule has 7 heteroatoms. The van der Waals surface area contributed by atoms with Crippen molar-refractivity contribution in [3.8, 4) is 17.2 Å². The lowest BCUT2D eigenvalue weighted by atomic mass is 9.49. The summed E-state index contributed by atoms with van der Waals surface area (Å²) >= 11 is 0. The molecule has 4 saturated carbocycles. The van der Waals surface area contributed by atoms with Gasteiger partial charge in [0.25, 0.3) is 0 Å². The monoisotopic (exact) mass is 567 g/mol. The SMILES string of the molecule is COc1ccc(OC)c([C@H]2c3cccn3-c3ccccc3N2C(=O)CN(C(=O)C23CC4CC(CC(C4)C2)C3)C(C)C)c1. The van der Waals surface area contributed by atoms with Gasteiger partial charge in [0.15, 0.2) is 0 Å². The van der Waals surface area contributed by atoms with E-state index in [1.54, 1.807) is 14.2 Å². The molecule has 7 nitrogen and oxygen atoms in total. The van der Waals surface area contributed by atoms with Crippen LogP contribution in [0.5, 0.6) is 11.5 Å². The summed E-state index contributed by atoms with van der Waals surface area (Å²) < 4.78 is 13.6. The van der Waals surface area contributed by atoms with Crippen molar-refractivity contribution >= 4 is 17.5 Å². The number of ether oxygens (including phenoxy) is 2. The summed E-state index contributed by atoms with van der Waals surface area (Å²) in [5, 5.41) is 0. The second-order valence-electron chi connectivity index (χ2n) is 13.3. The summed E-state index contributed by atoms with van der Waals surface area (Å²) in [6.07, 6.45) is 8.83. The molecular formula is C35H41N3O4. The number of anilines is 1. The molecule has 1 aliphatic heterocycles. The van der Waals surface area contributed by atoms with Crippen molar-refractivity contribution in [2.75, 3.05) is 25.7 Å². The van der Waals surface area contributed by atoms with Gasteiger partial charge in [-0.15, -0.1) is 0 Å². The van der Waals surface area contributed by atoms with E-state index in [4.69, 9.17) is 9.47 Å². The van der Waals surface area contributed by atoms with Crippen molar-refractivity contribution in [2.24, 2.45) is 23.2 Å². The van der Waals surface area contributed by atoms with Crippen LogP contribution >= 0.6 is 0 Å². The van der Waals surface area contributed by atoms with Gasteiger partial charge in [-0.3, -0.25) is 14.5 Å². The molecule has 0 saturated heterocycles.